The Morgan fingerprint density at radius 2 is 1.86 bits per heavy atom. The molecule has 1 atom stereocenters. The van der Waals surface area contributed by atoms with Gasteiger partial charge in [0.2, 0.25) is 10.0 Å². The maximum absolute atomic E-state index is 14.1. The highest BCUT2D eigenvalue weighted by molar-refractivity contribution is 7.90. The number of nitrogens with zero attached hydrogens (tertiary/aromatic N) is 3. The highest BCUT2D eigenvalue weighted by Crippen LogP contribution is 2.39. The van der Waals surface area contributed by atoms with E-state index in [1.165, 1.54) is 24.4 Å². The molecule has 190 valence electrons. The fourth-order valence-corrected chi connectivity index (χ4v) is 5.58. The van der Waals surface area contributed by atoms with Crippen molar-refractivity contribution in [1.29, 1.82) is 0 Å². The van der Waals surface area contributed by atoms with Crippen molar-refractivity contribution in [2.75, 3.05) is 0 Å². The Bertz CT molecular complexity index is 1340. The quantitative estimate of drug-likeness (QED) is 0.418. The van der Waals surface area contributed by atoms with Crippen LogP contribution in [0.1, 0.15) is 50.9 Å². The molecule has 0 spiro atoms. The van der Waals surface area contributed by atoms with E-state index in [0.717, 1.165) is 12.5 Å². The van der Waals surface area contributed by atoms with Gasteiger partial charge in [0, 0.05) is 41.0 Å². The summed E-state index contributed by atoms with van der Waals surface area (Å²) in [5.41, 5.74) is -1.02. The Labute approximate surface area is 199 Å². The normalized spacial score (nSPS) is 16.3. The molecular formula is C23H25F5N4O2S. The van der Waals surface area contributed by atoms with Crippen molar-refractivity contribution in [2.45, 2.75) is 64.1 Å². The van der Waals surface area contributed by atoms with Gasteiger partial charge in [-0.15, -0.1) is 0 Å². The summed E-state index contributed by atoms with van der Waals surface area (Å²) in [4.78, 5) is 7.11. The molecule has 3 aromatic rings. The highest BCUT2D eigenvalue weighted by atomic mass is 32.2. The molecule has 6 nitrogen and oxygen atoms in total. The number of benzene rings is 1. The summed E-state index contributed by atoms with van der Waals surface area (Å²) in [6.45, 7) is 6.14. The van der Waals surface area contributed by atoms with E-state index in [2.05, 4.69) is 14.7 Å². The van der Waals surface area contributed by atoms with Crippen LogP contribution in [0.4, 0.5) is 22.0 Å². The monoisotopic (exact) mass is 516 g/mol. The lowest BCUT2D eigenvalue weighted by atomic mass is 9.96. The van der Waals surface area contributed by atoms with Gasteiger partial charge in [-0.05, 0) is 29.9 Å². The third kappa shape index (κ3) is 5.48. The maximum Gasteiger partial charge on any atom is 0.434 e. The summed E-state index contributed by atoms with van der Waals surface area (Å²) in [6, 6.07) is 2.49. The molecule has 35 heavy (non-hydrogen) atoms. The van der Waals surface area contributed by atoms with Crippen LogP contribution in [0.15, 0.2) is 36.9 Å². The predicted molar refractivity (Wildman–Crippen MR) is 121 cm³/mol. The smallest absolute Gasteiger partial charge is 0.347 e. The van der Waals surface area contributed by atoms with E-state index in [-0.39, 0.29) is 22.1 Å². The van der Waals surface area contributed by atoms with Crippen LogP contribution in [0.5, 0.6) is 0 Å². The molecule has 0 aliphatic heterocycles. The third-order valence-electron chi connectivity index (χ3n) is 5.69. The SMILES string of the molecule is CC(C)(C)Cn1cc([C@H](NS(=O)(=O)C2CC2)C(F)F)c2ccc(-c3cncnc3C(F)(F)F)cc21. The number of aromatic nitrogens is 3. The van der Waals surface area contributed by atoms with E-state index in [1.54, 1.807) is 4.57 Å². The topological polar surface area (TPSA) is 76.9 Å². The van der Waals surface area contributed by atoms with Crippen molar-refractivity contribution in [3.8, 4) is 11.1 Å². The van der Waals surface area contributed by atoms with E-state index in [0.29, 0.717) is 30.3 Å². The molecule has 0 amide bonds. The Balaban J connectivity index is 1.88. The fraction of sp³-hybridized carbons (Fsp3) is 0.478. The van der Waals surface area contributed by atoms with Crippen LogP contribution in [0, 0.1) is 5.41 Å². The number of hydrogen-bond acceptors (Lipinski definition) is 4. The van der Waals surface area contributed by atoms with E-state index in [9.17, 15) is 30.4 Å². The summed E-state index contributed by atoms with van der Waals surface area (Å²) in [5, 5.41) is -0.357. The summed E-state index contributed by atoms with van der Waals surface area (Å²) < 4.78 is 97.6. The number of nitrogens with one attached hydrogen (secondary N) is 1. The average Bonchev–Trinajstić information content (AvgIpc) is 3.55. The fourth-order valence-electron chi connectivity index (χ4n) is 4.05. The van der Waals surface area contributed by atoms with Crippen LogP contribution in [0.2, 0.25) is 0 Å². The first-order chi connectivity index (χ1) is 16.2. The van der Waals surface area contributed by atoms with Crippen molar-refractivity contribution < 1.29 is 30.4 Å². The number of alkyl halides is 5. The molecule has 1 fully saturated rings. The molecule has 0 bridgehead atoms. The first-order valence-corrected chi connectivity index (χ1v) is 12.5. The van der Waals surface area contributed by atoms with Crippen molar-refractivity contribution >= 4 is 20.9 Å². The molecule has 1 saturated carbocycles. The summed E-state index contributed by atoms with van der Waals surface area (Å²) in [7, 11) is -3.93. The number of fused-ring (bicyclic) bond motifs is 1. The largest absolute Gasteiger partial charge is 0.434 e. The molecular weight excluding hydrogens is 491 g/mol. The maximum atomic E-state index is 14.1. The Hall–Kier alpha value is -2.60. The average molecular weight is 517 g/mol. The van der Waals surface area contributed by atoms with Gasteiger partial charge < -0.3 is 4.57 Å². The third-order valence-corrected chi connectivity index (χ3v) is 7.62. The van der Waals surface area contributed by atoms with Gasteiger partial charge in [-0.1, -0.05) is 32.9 Å². The highest BCUT2D eigenvalue weighted by Gasteiger charge is 2.40. The van der Waals surface area contributed by atoms with Gasteiger partial charge in [0.15, 0.2) is 5.69 Å². The minimum absolute atomic E-state index is 0.0652. The second-order valence-electron chi connectivity index (χ2n) is 9.96. The lowest BCUT2D eigenvalue weighted by Crippen LogP contribution is -2.35. The zero-order chi connectivity index (χ0) is 25.8. The van der Waals surface area contributed by atoms with Gasteiger partial charge in [0.25, 0.3) is 6.43 Å². The second kappa shape index (κ2) is 8.81. The predicted octanol–water partition coefficient (Wildman–Crippen LogP) is 5.55. The first kappa shape index (κ1) is 25.5. The Kier molecular flexibility index (Phi) is 6.41. The molecule has 4 rings (SSSR count). The summed E-state index contributed by atoms with van der Waals surface area (Å²) in [5.74, 6) is 0. The second-order valence-corrected chi connectivity index (χ2v) is 12.0. The Morgan fingerprint density at radius 3 is 2.43 bits per heavy atom. The van der Waals surface area contributed by atoms with Crippen molar-refractivity contribution in [3.63, 3.8) is 0 Å². The van der Waals surface area contributed by atoms with Crippen LogP contribution in [0.25, 0.3) is 22.0 Å². The molecule has 12 heteroatoms. The molecule has 1 aromatic carbocycles. The minimum atomic E-state index is -4.71. The lowest BCUT2D eigenvalue weighted by molar-refractivity contribution is -0.140. The van der Waals surface area contributed by atoms with Gasteiger partial charge >= 0.3 is 6.18 Å². The zero-order valence-corrected chi connectivity index (χ0v) is 20.1. The number of halogens is 5. The van der Waals surface area contributed by atoms with Gasteiger partial charge in [-0.3, -0.25) is 0 Å². The minimum Gasteiger partial charge on any atom is -0.347 e. The van der Waals surface area contributed by atoms with Crippen molar-refractivity contribution in [3.05, 3.63) is 48.2 Å². The summed E-state index contributed by atoms with van der Waals surface area (Å²) in [6.07, 6.45) is -3.59. The van der Waals surface area contributed by atoms with Crippen LogP contribution in [-0.4, -0.2) is 34.6 Å². The zero-order valence-electron chi connectivity index (χ0n) is 19.3. The number of hydrogen-bond donors (Lipinski definition) is 1. The summed E-state index contributed by atoms with van der Waals surface area (Å²) >= 11 is 0. The van der Waals surface area contributed by atoms with Crippen molar-refractivity contribution in [1.82, 2.24) is 19.3 Å². The molecule has 0 unspecified atom stereocenters. The van der Waals surface area contributed by atoms with Crippen LogP contribution < -0.4 is 4.72 Å². The molecule has 1 N–H and O–H groups in total. The molecule has 2 aromatic heterocycles. The van der Waals surface area contributed by atoms with Gasteiger partial charge in [-0.25, -0.2) is 31.9 Å². The number of sulfonamides is 1. The molecule has 2 heterocycles. The molecule has 1 aliphatic rings. The molecule has 0 radical (unpaired) electrons. The van der Waals surface area contributed by atoms with E-state index in [4.69, 9.17) is 0 Å². The standard InChI is InChI=1S/C23H25F5N4O2S/c1-22(2,3)11-32-10-17(19(21(24)25)31-35(33,34)14-5-6-14)15-7-4-13(8-18(15)32)16-9-29-12-30-20(16)23(26,27)28/h4,7-10,12,14,19,21,31H,5-6,11H2,1-3H3/t19-/m0/s1. The van der Waals surface area contributed by atoms with Crippen molar-refractivity contribution in [2.24, 2.45) is 5.41 Å². The van der Waals surface area contributed by atoms with Gasteiger partial charge in [0.05, 0.1) is 5.25 Å². The van der Waals surface area contributed by atoms with Crippen LogP contribution >= 0.6 is 0 Å². The van der Waals surface area contributed by atoms with E-state index < -0.39 is 39.6 Å². The lowest BCUT2D eigenvalue weighted by Gasteiger charge is -2.20. The van der Waals surface area contributed by atoms with E-state index >= 15 is 0 Å². The number of rotatable bonds is 7. The van der Waals surface area contributed by atoms with Gasteiger partial charge in [-0.2, -0.15) is 13.2 Å². The molecule has 0 saturated heterocycles. The molecule has 1 aliphatic carbocycles. The Morgan fingerprint density at radius 1 is 1.17 bits per heavy atom. The van der Waals surface area contributed by atoms with Crippen LogP contribution in [0.3, 0.4) is 0 Å². The van der Waals surface area contributed by atoms with Gasteiger partial charge in [0.1, 0.15) is 12.4 Å². The first-order valence-electron chi connectivity index (χ1n) is 11.0. The van der Waals surface area contributed by atoms with E-state index in [1.807, 2.05) is 20.8 Å². The van der Waals surface area contributed by atoms with Crippen LogP contribution in [-0.2, 0) is 22.7 Å².